The highest BCUT2D eigenvalue weighted by molar-refractivity contribution is 7.99. The van der Waals surface area contributed by atoms with Gasteiger partial charge in [0.25, 0.3) is 0 Å². The predicted octanol–water partition coefficient (Wildman–Crippen LogP) is 3.54. The van der Waals surface area contributed by atoms with E-state index in [2.05, 4.69) is 15.2 Å². The molecule has 9 heteroatoms. The standard InChI is InChI=1S/C15H15F3N4OS/c1-8(2)7-24-13-12-20-21-14(15(16,17)18)22(12)11-5-9(6-23)3-4-10(11)19-13/h3-5,8,23H,6-7H2,1-2H3. The van der Waals surface area contributed by atoms with Crippen molar-refractivity contribution in [3.63, 3.8) is 0 Å². The van der Waals surface area contributed by atoms with Gasteiger partial charge < -0.3 is 5.11 Å². The molecule has 0 atom stereocenters. The van der Waals surface area contributed by atoms with Crippen LogP contribution in [0.4, 0.5) is 13.2 Å². The zero-order valence-electron chi connectivity index (χ0n) is 13.0. The Morgan fingerprint density at radius 2 is 2.00 bits per heavy atom. The van der Waals surface area contributed by atoms with Gasteiger partial charge in [0.2, 0.25) is 5.82 Å². The Hall–Kier alpha value is -1.87. The average Bonchev–Trinajstić information content (AvgIpc) is 2.97. The van der Waals surface area contributed by atoms with Gasteiger partial charge in [0.05, 0.1) is 17.6 Å². The average molecular weight is 356 g/mol. The number of aliphatic hydroxyl groups excluding tert-OH is 1. The molecule has 2 heterocycles. The van der Waals surface area contributed by atoms with Gasteiger partial charge in [-0.25, -0.2) is 4.98 Å². The lowest BCUT2D eigenvalue weighted by molar-refractivity contribution is -0.145. The second-order valence-corrected chi connectivity index (χ2v) is 6.79. The third-order valence-corrected chi connectivity index (χ3v) is 4.73. The van der Waals surface area contributed by atoms with Gasteiger partial charge in [-0.1, -0.05) is 19.9 Å². The third kappa shape index (κ3) is 3.05. The van der Waals surface area contributed by atoms with Crippen molar-refractivity contribution in [2.75, 3.05) is 5.75 Å². The molecule has 0 unspecified atom stereocenters. The first-order chi connectivity index (χ1) is 11.3. The molecule has 3 aromatic rings. The van der Waals surface area contributed by atoms with Crippen molar-refractivity contribution in [1.82, 2.24) is 19.6 Å². The van der Waals surface area contributed by atoms with Gasteiger partial charge in [0.15, 0.2) is 5.65 Å². The second-order valence-electron chi connectivity index (χ2n) is 5.78. The van der Waals surface area contributed by atoms with Gasteiger partial charge in [-0.3, -0.25) is 4.40 Å². The van der Waals surface area contributed by atoms with Crippen LogP contribution < -0.4 is 0 Å². The minimum absolute atomic E-state index is 0.0792. The number of alkyl halides is 3. The van der Waals surface area contributed by atoms with Gasteiger partial charge in [-0.05, 0) is 23.6 Å². The monoisotopic (exact) mass is 356 g/mol. The van der Waals surface area contributed by atoms with Gasteiger partial charge in [0.1, 0.15) is 5.03 Å². The Morgan fingerprint density at radius 3 is 2.62 bits per heavy atom. The first-order valence-corrected chi connectivity index (χ1v) is 8.28. The number of nitrogens with zero attached hydrogens (tertiary/aromatic N) is 4. The molecule has 128 valence electrons. The first-order valence-electron chi connectivity index (χ1n) is 7.30. The van der Waals surface area contributed by atoms with Gasteiger partial charge in [-0.2, -0.15) is 13.2 Å². The summed E-state index contributed by atoms with van der Waals surface area (Å²) in [6.07, 6.45) is -4.64. The van der Waals surface area contributed by atoms with Crippen LogP contribution in [0.2, 0.25) is 0 Å². The molecule has 3 rings (SSSR count). The molecule has 0 spiro atoms. The predicted molar refractivity (Wildman–Crippen MR) is 84.8 cm³/mol. The van der Waals surface area contributed by atoms with E-state index in [-0.39, 0.29) is 17.8 Å². The molecule has 2 aromatic heterocycles. The lowest BCUT2D eigenvalue weighted by Gasteiger charge is -2.11. The molecular formula is C15H15F3N4OS. The molecule has 1 aromatic carbocycles. The van der Waals surface area contributed by atoms with E-state index in [1.54, 1.807) is 12.1 Å². The minimum atomic E-state index is -4.64. The summed E-state index contributed by atoms with van der Waals surface area (Å²) < 4.78 is 40.9. The van der Waals surface area contributed by atoms with E-state index in [9.17, 15) is 18.3 Å². The third-order valence-electron chi connectivity index (χ3n) is 3.35. The Morgan fingerprint density at radius 1 is 1.25 bits per heavy atom. The minimum Gasteiger partial charge on any atom is -0.392 e. The van der Waals surface area contributed by atoms with Crippen molar-refractivity contribution in [2.24, 2.45) is 5.92 Å². The van der Waals surface area contributed by atoms with Crippen LogP contribution in [0.25, 0.3) is 16.7 Å². The van der Waals surface area contributed by atoms with Crippen LogP contribution in [-0.2, 0) is 12.8 Å². The maximum absolute atomic E-state index is 13.3. The molecule has 0 saturated carbocycles. The van der Waals surface area contributed by atoms with Crippen LogP contribution in [0.1, 0.15) is 25.2 Å². The van der Waals surface area contributed by atoms with E-state index in [1.807, 2.05) is 13.8 Å². The number of aromatic nitrogens is 4. The molecule has 0 bridgehead atoms. The number of fused-ring (bicyclic) bond motifs is 3. The Kier molecular flexibility index (Phi) is 4.39. The molecule has 0 amide bonds. The van der Waals surface area contributed by atoms with Crippen LogP contribution >= 0.6 is 11.8 Å². The number of hydrogen-bond donors (Lipinski definition) is 1. The number of halogens is 3. The highest BCUT2D eigenvalue weighted by Crippen LogP contribution is 2.33. The molecule has 0 aliphatic heterocycles. The molecule has 0 aliphatic rings. The van der Waals surface area contributed by atoms with E-state index >= 15 is 0 Å². The first kappa shape index (κ1) is 17.0. The van der Waals surface area contributed by atoms with E-state index in [1.165, 1.54) is 17.8 Å². The number of hydrogen-bond acceptors (Lipinski definition) is 5. The van der Waals surface area contributed by atoms with Gasteiger partial charge >= 0.3 is 6.18 Å². The summed E-state index contributed by atoms with van der Waals surface area (Å²) >= 11 is 1.36. The van der Waals surface area contributed by atoms with Crippen molar-refractivity contribution in [1.29, 1.82) is 0 Å². The van der Waals surface area contributed by atoms with Gasteiger partial charge in [0, 0.05) is 5.75 Å². The summed E-state index contributed by atoms with van der Waals surface area (Å²) in [5, 5.41) is 16.7. The smallest absolute Gasteiger partial charge is 0.392 e. The number of benzene rings is 1. The van der Waals surface area contributed by atoms with Gasteiger partial charge in [-0.15, -0.1) is 22.0 Å². The van der Waals surface area contributed by atoms with Crippen molar-refractivity contribution in [3.05, 3.63) is 29.6 Å². The Balaban J connectivity index is 2.32. The summed E-state index contributed by atoms with van der Waals surface area (Å²) in [5.41, 5.74) is 1.20. The number of rotatable bonds is 4. The Labute approximate surface area is 139 Å². The van der Waals surface area contributed by atoms with Crippen molar-refractivity contribution >= 4 is 28.4 Å². The van der Waals surface area contributed by atoms with Crippen LogP contribution in [0.3, 0.4) is 0 Å². The molecular weight excluding hydrogens is 341 g/mol. The van der Waals surface area contributed by atoms with E-state index in [0.717, 1.165) is 4.40 Å². The molecule has 0 saturated heterocycles. The highest BCUT2D eigenvalue weighted by atomic mass is 32.2. The maximum Gasteiger partial charge on any atom is 0.452 e. The fourth-order valence-corrected chi connectivity index (χ4v) is 3.19. The quantitative estimate of drug-likeness (QED) is 0.725. The zero-order valence-corrected chi connectivity index (χ0v) is 13.8. The normalized spacial score (nSPS) is 12.6. The molecule has 5 nitrogen and oxygen atoms in total. The molecule has 0 fully saturated rings. The van der Waals surface area contributed by atoms with Crippen LogP contribution in [-0.4, -0.2) is 30.4 Å². The van der Waals surface area contributed by atoms with Crippen LogP contribution in [0, 0.1) is 5.92 Å². The SMILES string of the molecule is CC(C)CSc1nc2ccc(CO)cc2n2c(C(F)(F)F)nnc12. The van der Waals surface area contributed by atoms with Crippen molar-refractivity contribution < 1.29 is 18.3 Å². The fourth-order valence-electron chi connectivity index (χ4n) is 2.28. The summed E-state index contributed by atoms with van der Waals surface area (Å²) in [6, 6.07) is 4.71. The second kappa shape index (κ2) is 6.21. The maximum atomic E-state index is 13.3. The fraction of sp³-hybridized carbons (Fsp3) is 0.400. The molecule has 0 radical (unpaired) electrons. The van der Waals surface area contributed by atoms with Crippen LogP contribution in [0.15, 0.2) is 23.2 Å². The molecule has 0 aliphatic carbocycles. The lowest BCUT2D eigenvalue weighted by Crippen LogP contribution is -2.12. The zero-order chi connectivity index (χ0) is 17.5. The van der Waals surface area contributed by atoms with Crippen molar-refractivity contribution in [3.8, 4) is 0 Å². The number of aliphatic hydroxyl groups is 1. The highest BCUT2D eigenvalue weighted by Gasteiger charge is 2.38. The summed E-state index contributed by atoms with van der Waals surface area (Å²) in [4.78, 5) is 4.44. The number of thioether (sulfide) groups is 1. The largest absolute Gasteiger partial charge is 0.452 e. The van der Waals surface area contributed by atoms with E-state index in [4.69, 9.17) is 0 Å². The molecule has 24 heavy (non-hydrogen) atoms. The van der Waals surface area contributed by atoms with E-state index in [0.29, 0.717) is 27.8 Å². The summed E-state index contributed by atoms with van der Waals surface area (Å²) in [5.74, 6) is -0.0300. The summed E-state index contributed by atoms with van der Waals surface area (Å²) in [6.45, 7) is 3.76. The summed E-state index contributed by atoms with van der Waals surface area (Å²) in [7, 11) is 0. The Bertz CT molecular complexity index is 892. The molecule has 1 N–H and O–H groups in total. The van der Waals surface area contributed by atoms with Crippen LogP contribution in [0.5, 0.6) is 0 Å². The van der Waals surface area contributed by atoms with E-state index < -0.39 is 12.0 Å². The van der Waals surface area contributed by atoms with Crippen molar-refractivity contribution in [2.45, 2.75) is 31.7 Å². The lowest BCUT2D eigenvalue weighted by atomic mass is 10.2. The topological polar surface area (TPSA) is 63.3 Å².